The van der Waals surface area contributed by atoms with Gasteiger partial charge in [-0.2, -0.15) is 0 Å². The first-order valence-electron chi connectivity index (χ1n) is 12.8. The second-order valence-electron chi connectivity index (χ2n) is 9.23. The van der Waals surface area contributed by atoms with E-state index in [-0.39, 0.29) is 44.2 Å². The van der Waals surface area contributed by atoms with Gasteiger partial charge in [0.25, 0.3) is 23.6 Å². The number of hydrogen-bond acceptors (Lipinski definition) is 8. The zero-order valence-electron chi connectivity index (χ0n) is 22.1. The molecule has 2 aliphatic heterocycles. The van der Waals surface area contributed by atoms with Crippen molar-refractivity contribution in [1.29, 1.82) is 0 Å². The number of para-hydroxylation sites is 6. The largest absolute Gasteiger partial charge is 0.454 e. The normalized spacial score (nSPS) is 14.6. The van der Waals surface area contributed by atoms with Crippen molar-refractivity contribution >= 4 is 44.8 Å². The smallest absolute Gasteiger partial charge is 0.258 e. The van der Waals surface area contributed by atoms with Crippen LogP contribution < -0.4 is 19.3 Å². The lowest BCUT2D eigenvalue weighted by Crippen LogP contribution is -2.29. The van der Waals surface area contributed by atoms with Crippen molar-refractivity contribution in [3.05, 3.63) is 121 Å². The predicted octanol–water partition coefficient (Wildman–Crippen LogP) is 4.96. The minimum atomic E-state index is -4.32. The molecule has 11 heteroatoms. The standard InChI is InChI=1S/C32H20N2O8S/c35-29-17-18-30(36)33(29)21-9-1-3-11-23(21)41-25-13-5-7-15-27(25)43(39,40)28-16-8-6-14-26(28)42-24-12-4-2-10-22(24)34-31(37)19-20-32(34)38/h1-20H. The fourth-order valence-corrected chi connectivity index (χ4v) is 6.10. The van der Waals surface area contributed by atoms with Gasteiger partial charge in [-0.05, 0) is 48.5 Å². The Bertz CT molecular complexity index is 1820. The molecule has 212 valence electrons. The molecule has 4 aromatic rings. The van der Waals surface area contributed by atoms with Crippen molar-refractivity contribution in [2.45, 2.75) is 9.79 Å². The van der Waals surface area contributed by atoms with Crippen molar-refractivity contribution in [1.82, 2.24) is 0 Å². The number of hydrogen-bond donors (Lipinski definition) is 0. The van der Waals surface area contributed by atoms with E-state index in [1.54, 1.807) is 36.4 Å². The number of amides is 4. The van der Waals surface area contributed by atoms with Gasteiger partial charge in [0.15, 0.2) is 11.5 Å². The third-order valence-electron chi connectivity index (χ3n) is 6.55. The molecule has 4 amide bonds. The summed E-state index contributed by atoms with van der Waals surface area (Å²) in [6.45, 7) is 0. The number of rotatable bonds is 8. The number of nitrogens with zero attached hydrogens (tertiary/aromatic N) is 2. The van der Waals surface area contributed by atoms with Gasteiger partial charge in [0, 0.05) is 24.3 Å². The van der Waals surface area contributed by atoms with Gasteiger partial charge in [-0.1, -0.05) is 48.5 Å². The molecule has 0 unspecified atom stereocenters. The van der Waals surface area contributed by atoms with Gasteiger partial charge in [-0.3, -0.25) is 19.2 Å². The van der Waals surface area contributed by atoms with Gasteiger partial charge in [-0.15, -0.1) is 0 Å². The number of imide groups is 2. The average Bonchev–Trinajstić information content (AvgIpc) is 3.52. The molecular weight excluding hydrogens is 572 g/mol. The summed E-state index contributed by atoms with van der Waals surface area (Å²) in [5.74, 6) is -2.16. The van der Waals surface area contributed by atoms with Crippen LogP contribution in [0.25, 0.3) is 0 Å². The highest BCUT2D eigenvalue weighted by Crippen LogP contribution is 2.41. The Labute approximate surface area is 245 Å². The first-order chi connectivity index (χ1) is 20.8. The molecule has 0 aromatic heterocycles. The van der Waals surface area contributed by atoms with Crippen LogP contribution in [-0.4, -0.2) is 32.0 Å². The molecule has 0 spiro atoms. The van der Waals surface area contributed by atoms with E-state index in [2.05, 4.69) is 0 Å². The summed E-state index contributed by atoms with van der Waals surface area (Å²) in [6.07, 6.45) is 4.55. The molecule has 0 saturated carbocycles. The molecule has 0 bridgehead atoms. The van der Waals surface area contributed by atoms with Gasteiger partial charge >= 0.3 is 0 Å². The molecule has 2 heterocycles. The molecule has 6 rings (SSSR count). The molecule has 4 aromatic carbocycles. The Morgan fingerprint density at radius 3 is 1.09 bits per heavy atom. The maximum atomic E-state index is 14.1. The van der Waals surface area contributed by atoms with E-state index in [1.807, 2.05) is 0 Å². The monoisotopic (exact) mass is 592 g/mol. The second kappa shape index (κ2) is 10.9. The van der Waals surface area contributed by atoms with Crippen LogP contribution in [0.5, 0.6) is 23.0 Å². The van der Waals surface area contributed by atoms with E-state index in [0.29, 0.717) is 0 Å². The Morgan fingerprint density at radius 1 is 0.419 bits per heavy atom. The number of carbonyl (C=O) groups is 4. The molecule has 0 atom stereocenters. The number of benzene rings is 4. The molecule has 0 N–H and O–H groups in total. The van der Waals surface area contributed by atoms with Gasteiger partial charge < -0.3 is 9.47 Å². The highest BCUT2D eigenvalue weighted by atomic mass is 32.2. The second-order valence-corrected chi connectivity index (χ2v) is 11.1. The summed E-state index contributed by atoms with van der Waals surface area (Å²) in [5, 5.41) is 0. The van der Waals surface area contributed by atoms with E-state index >= 15 is 0 Å². The summed E-state index contributed by atoms with van der Waals surface area (Å²) < 4.78 is 40.3. The van der Waals surface area contributed by atoms with E-state index in [9.17, 15) is 27.6 Å². The van der Waals surface area contributed by atoms with Crippen LogP contribution in [-0.2, 0) is 29.0 Å². The Hall–Kier alpha value is -5.81. The van der Waals surface area contributed by atoms with Crippen LogP contribution in [0.1, 0.15) is 0 Å². The first kappa shape index (κ1) is 27.4. The van der Waals surface area contributed by atoms with Crippen LogP contribution in [0.4, 0.5) is 11.4 Å². The Kier molecular flexibility index (Phi) is 6.92. The summed E-state index contributed by atoms with van der Waals surface area (Å²) >= 11 is 0. The summed E-state index contributed by atoms with van der Waals surface area (Å²) in [6, 6.07) is 24.4. The molecule has 2 aliphatic rings. The van der Waals surface area contributed by atoms with E-state index in [4.69, 9.17) is 9.47 Å². The zero-order valence-corrected chi connectivity index (χ0v) is 22.9. The van der Waals surface area contributed by atoms with Crippen LogP contribution >= 0.6 is 0 Å². The number of ether oxygens (including phenoxy) is 2. The molecular formula is C32H20N2O8S. The zero-order chi connectivity index (χ0) is 30.1. The lowest BCUT2D eigenvalue weighted by Gasteiger charge is -2.20. The summed E-state index contributed by atoms with van der Waals surface area (Å²) in [4.78, 5) is 50.8. The first-order valence-corrected chi connectivity index (χ1v) is 14.3. The number of carbonyl (C=O) groups excluding carboxylic acids is 4. The van der Waals surface area contributed by atoms with Gasteiger partial charge in [0.05, 0.1) is 11.4 Å². The molecule has 0 aliphatic carbocycles. The van der Waals surface area contributed by atoms with Gasteiger partial charge in [-0.25, -0.2) is 18.2 Å². The quantitative estimate of drug-likeness (QED) is 0.263. The third-order valence-corrected chi connectivity index (χ3v) is 8.38. The summed E-state index contributed by atoms with van der Waals surface area (Å²) in [5.41, 5.74) is 0.297. The molecule has 0 saturated heterocycles. The average molecular weight is 593 g/mol. The fourth-order valence-electron chi connectivity index (χ4n) is 4.60. The van der Waals surface area contributed by atoms with Crippen molar-refractivity contribution in [3.8, 4) is 23.0 Å². The van der Waals surface area contributed by atoms with E-state index in [1.165, 1.54) is 60.7 Å². The predicted molar refractivity (Wildman–Crippen MR) is 155 cm³/mol. The number of anilines is 2. The van der Waals surface area contributed by atoms with Crippen LogP contribution in [0, 0.1) is 0 Å². The minimum Gasteiger partial charge on any atom is -0.454 e. The van der Waals surface area contributed by atoms with Crippen LogP contribution in [0.2, 0.25) is 0 Å². The minimum absolute atomic E-state index is 0.0588. The van der Waals surface area contributed by atoms with Crippen LogP contribution in [0.3, 0.4) is 0 Å². The van der Waals surface area contributed by atoms with Crippen molar-refractivity contribution in [2.24, 2.45) is 0 Å². The van der Waals surface area contributed by atoms with Crippen molar-refractivity contribution in [3.63, 3.8) is 0 Å². The summed E-state index contributed by atoms with van der Waals surface area (Å²) in [7, 11) is -4.32. The maximum absolute atomic E-state index is 14.1. The van der Waals surface area contributed by atoms with Crippen LogP contribution in [0.15, 0.2) is 131 Å². The van der Waals surface area contributed by atoms with E-state index in [0.717, 1.165) is 34.1 Å². The molecule has 0 radical (unpaired) electrons. The molecule has 10 nitrogen and oxygen atoms in total. The van der Waals surface area contributed by atoms with Crippen molar-refractivity contribution in [2.75, 3.05) is 9.80 Å². The topological polar surface area (TPSA) is 127 Å². The SMILES string of the molecule is O=C1C=CC(=O)N1c1ccccc1Oc1ccccc1S(=O)(=O)c1ccccc1Oc1ccccc1N1C(=O)C=CC1=O. The highest BCUT2D eigenvalue weighted by Gasteiger charge is 2.31. The third kappa shape index (κ3) is 4.98. The van der Waals surface area contributed by atoms with E-state index < -0.39 is 33.5 Å². The number of sulfone groups is 1. The maximum Gasteiger partial charge on any atom is 0.258 e. The lowest BCUT2D eigenvalue weighted by atomic mass is 10.2. The van der Waals surface area contributed by atoms with Gasteiger partial charge in [0.1, 0.15) is 21.3 Å². The Balaban J connectivity index is 1.38. The Morgan fingerprint density at radius 2 is 0.721 bits per heavy atom. The lowest BCUT2D eigenvalue weighted by molar-refractivity contribution is -0.121. The molecule has 43 heavy (non-hydrogen) atoms. The molecule has 0 fully saturated rings. The fraction of sp³-hybridized carbons (Fsp3) is 0. The van der Waals surface area contributed by atoms with Crippen molar-refractivity contribution < 1.29 is 37.1 Å². The highest BCUT2D eigenvalue weighted by molar-refractivity contribution is 7.91. The van der Waals surface area contributed by atoms with Gasteiger partial charge in [0.2, 0.25) is 9.84 Å².